The van der Waals surface area contributed by atoms with Gasteiger partial charge in [-0.05, 0) is 19.9 Å². The molecule has 0 bridgehead atoms. The molecule has 1 fully saturated rings. The fourth-order valence-corrected chi connectivity index (χ4v) is 1.13. The molecule has 1 aliphatic rings. The van der Waals surface area contributed by atoms with Gasteiger partial charge in [0.15, 0.2) is 0 Å². The molecule has 0 aromatic heterocycles. The van der Waals surface area contributed by atoms with E-state index >= 15 is 0 Å². The Morgan fingerprint density at radius 3 is 3.10 bits per heavy atom. The van der Waals surface area contributed by atoms with Crippen LogP contribution in [0.2, 0.25) is 0 Å². The summed E-state index contributed by atoms with van der Waals surface area (Å²) in [6.45, 7) is 4.71. The molecular weight excluding hydrogens is 128 g/mol. The van der Waals surface area contributed by atoms with Gasteiger partial charge in [-0.3, -0.25) is 0 Å². The van der Waals surface area contributed by atoms with E-state index in [1.54, 1.807) is 0 Å². The van der Waals surface area contributed by atoms with Crippen molar-refractivity contribution in [3.8, 4) is 0 Å². The molecule has 1 aliphatic heterocycles. The fraction of sp³-hybridized carbons (Fsp3) is 1.00. The van der Waals surface area contributed by atoms with Crippen molar-refractivity contribution in [3.05, 3.63) is 0 Å². The lowest BCUT2D eigenvalue weighted by Gasteiger charge is -2.15. The zero-order valence-corrected chi connectivity index (χ0v) is 6.47. The minimum Gasteiger partial charge on any atom is -0.373 e. The molecule has 1 saturated heterocycles. The molecule has 0 saturated carbocycles. The molecule has 0 amide bonds. The smallest absolute Gasteiger partial charge is 0.0715 e. The minimum absolute atomic E-state index is 0.213. The fourth-order valence-electron chi connectivity index (χ4n) is 1.13. The molecule has 1 rings (SSSR count). The first kappa shape index (κ1) is 7.98. The molecule has 0 spiro atoms. The van der Waals surface area contributed by atoms with E-state index in [1.165, 1.54) is 0 Å². The van der Waals surface area contributed by atoms with Crippen molar-refractivity contribution in [1.82, 2.24) is 5.32 Å². The Labute approximate surface area is 61.9 Å². The number of nitrogens with one attached hydrogen (secondary N) is 1. The van der Waals surface area contributed by atoms with Gasteiger partial charge < -0.3 is 15.8 Å². The van der Waals surface area contributed by atoms with Gasteiger partial charge in [0, 0.05) is 13.1 Å². The van der Waals surface area contributed by atoms with Crippen molar-refractivity contribution in [2.75, 3.05) is 19.6 Å². The molecule has 3 heteroatoms. The largest absolute Gasteiger partial charge is 0.373 e. The lowest BCUT2D eigenvalue weighted by atomic mass is 10.3. The molecule has 2 atom stereocenters. The second-order valence-corrected chi connectivity index (χ2v) is 2.80. The number of nitrogens with two attached hydrogens (primary N) is 1. The Morgan fingerprint density at radius 2 is 2.60 bits per heavy atom. The standard InChI is InChI=1S/C7H16N2O/c1-6(4-8)10-7-2-3-9-5-7/h6-7,9H,2-5,8H2,1H3. The highest BCUT2D eigenvalue weighted by atomic mass is 16.5. The van der Waals surface area contributed by atoms with Gasteiger partial charge in [0.1, 0.15) is 0 Å². The van der Waals surface area contributed by atoms with E-state index in [1.807, 2.05) is 6.92 Å². The number of ether oxygens (including phenoxy) is 1. The lowest BCUT2D eigenvalue weighted by molar-refractivity contribution is 0.0147. The first-order chi connectivity index (χ1) is 4.83. The second kappa shape index (κ2) is 3.91. The third kappa shape index (κ3) is 2.25. The monoisotopic (exact) mass is 144 g/mol. The molecule has 0 aliphatic carbocycles. The number of rotatable bonds is 3. The van der Waals surface area contributed by atoms with Gasteiger partial charge in [-0.2, -0.15) is 0 Å². The topological polar surface area (TPSA) is 47.3 Å². The van der Waals surface area contributed by atoms with Crippen LogP contribution >= 0.6 is 0 Å². The Balaban J connectivity index is 2.11. The summed E-state index contributed by atoms with van der Waals surface area (Å²) < 4.78 is 5.57. The van der Waals surface area contributed by atoms with Gasteiger partial charge in [-0.25, -0.2) is 0 Å². The van der Waals surface area contributed by atoms with Gasteiger partial charge in [-0.1, -0.05) is 0 Å². The summed E-state index contributed by atoms with van der Waals surface area (Å²) in [4.78, 5) is 0. The normalized spacial score (nSPS) is 28.8. The molecule has 10 heavy (non-hydrogen) atoms. The lowest BCUT2D eigenvalue weighted by Crippen LogP contribution is -2.27. The van der Waals surface area contributed by atoms with Crippen molar-refractivity contribution in [1.29, 1.82) is 0 Å². The van der Waals surface area contributed by atoms with Crippen LogP contribution in [-0.2, 0) is 4.74 Å². The van der Waals surface area contributed by atoms with E-state index in [9.17, 15) is 0 Å². The van der Waals surface area contributed by atoms with Crippen molar-refractivity contribution >= 4 is 0 Å². The Morgan fingerprint density at radius 1 is 1.80 bits per heavy atom. The summed E-state index contributed by atoms with van der Waals surface area (Å²) in [6.07, 6.45) is 1.74. The molecule has 3 N–H and O–H groups in total. The summed E-state index contributed by atoms with van der Waals surface area (Å²) in [6, 6.07) is 0. The summed E-state index contributed by atoms with van der Waals surface area (Å²) >= 11 is 0. The predicted octanol–water partition coefficient (Wildman–Crippen LogP) is -0.288. The van der Waals surface area contributed by atoms with Gasteiger partial charge >= 0.3 is 0 Å². The van der Waals surface area contributed by atoms with Crippen LogP contribution < -0.4 is 11.1 Å². The van der Waals surface area contributed by atoms with Crippen molar-refractivity contribution < 1.29 is 4.74 Å². The highest BCUT2D eigenvalue weighted by Crippen LogP contribution is 2.05. The average molecular weight is 144 g/mol. The van der Waals surface area contributed by atoms with E-state index < -0.39 is 0 Å². The van der Waals surface area contributed by atoms with Gasteiger partial charge in [-0.15, -0.1) is 0 Å². The van der Waals surface area contributed by atoms with E-state index in [0.29, 0.717) is 12.6 Å². The predicted molar refractivity (Wildman–Crippen MR) is 40.9 cm³/mol. The SMILES string of the molecule is CC(CN)OC1CCNC1. The molecular formula is C7H16N2O. The third-order valence-corrected chi connectivity index (χ3v) is 1.77. The van der Waals surface area contributed by atoms with E-state index in [2.05, 4.69) is 5.32 Å². The van der Waals surface area contributed by atoms with Crippen molar-refractivity contribution in [2.45, 2.75) is 25.6 Å². The molecule has 0 radical (unpaired) electrons. The Kier molecular flexibility index (Phi) is 3.12. The first-order valence-electron chi connectivity index (χ1n) is 3.89. The Bertz CT molecular complexity index is 91.6. The molecule has 3 nitrogen and oxygen atoms in total. The van der Waals surface area contributed by atoms with Crippen molar-refractivity contribution in [2.24, 2.45) is 5.73 Å². The van der Waals surface area contributed by atoms with Crippen LogP contribution in [0.15, 0.2) is 0 Å². The minimum atomic E-state index is 0.213. The zero-order chi connectivity index (χ0) is 7.40. The van der Waals surface area contributed by atoms with Crippen LogP contribution in [0, 0.1) is 0 Å². The molecule has 60 valence electrons. The molecule has 2 unspecified atom stereocenters. The maximum atomic E-state index is 5.57. The quantitative estimate of drug-likeness (QED) is 0.572. The number of hydrogen-bond acceptors (Lipinski definition) is 3. The average Bonchev–Trinajstić information content (AvgIpc) is 2.40. The van der Waals surface area contributed by atoms with Gasteiger partial charge in [0.25, 0.3) is 0 Å². The van der Waals surface area contributed by atoms with Crippen molar-refractivity contribution in [3.63, 3.8) is 0 Å². The zero-order valence-electron chi connectivity index (χ0n) is 6.47. The van der Waals surface area contributed by atoms with E-state index in [-0.39, 0.29) is 6.10 Å². The maximum absolute atomic E-state index is 5.57. The molecule has 0 aromatic carbocycles. The van der Waals surface area contributed by atoms with Crippen LogP contribution in [0.1, 0.15) is 13.3 Å². The maximum Gasteiger partial charge on any atom is 0.0715 e. The van der Waals surface area contributed by atoms with Gasteiger partial charge in [0.2, 0.25) is 0 Å². The summed E-state index contributed by atoms with van der Waals surface area (Å²) in [7, 11) is 0. The third-order valence-electron chi connectivity index (χ3n) is 1.77. The van der Waals surface area contributed by atoms with Crippen LogP contribution in [-0.4, -0.2) is 31.8 Å². The molecule has 0 aromatic rings. The first-order valence-corrected chi connectivity index (χ1v) is 3.89. The highest BCUT2D eigenvalue weighted by Gasteiger charge is 2.16. The van der Waals surface area contributed by atoms with E-state index in [4.69, 9.17) is 10.5 Å². The Hall–Kier alpha value is -0.120. The highest BCUT2D eigenvalue weighted by molar-refractivity contribution is 4.72. The van der Waals surface area contributed by atoms with Crippen LogP contribution in [0.25, 0.3) is 0 Å². The summed E-state index contributed by atoms with van der Waals surface area (Å²) in [5.74, 6) is 0. The van der Waals surface area contributed by atoms with E-state index in [0.717, 1.165) is 19.5 Å². The van der Waals surface area contributed by atoms with Crippen LogP contribution in [0.4, 0.5) is 0 Å². The van der Waals surface area contributed by atoms with Crippen LogP contribution in [0.3, 0.4) is 0 Å². The van der Waals surface area contributed by atoms with Crippen LogP contribution in [0.5, 0.6) is 0 Å². The second-order valence-electron chi connectivity index (χ2n) is 2.80. The number of hydrogen-bond donors (Lipinski definition) is 2. The summed E-state index contributed by atoms with van der Waals surface area (Å²) in [5, 5.41) is 3.24. The van der Waals surface area contributed by atoms with Gasteiger partial charge in [0.05, 0.1) is 12.2 Å². The molecule has 1 heterocycles. The summed E-state index contributed by atoms with van der Waals surface area (Å²) in [5.41, 5.74) is 5.40.